The zero-order valence-corrected chi connectivity index (χ0v) is 17.1. The summed E-state index contributed by atoms with van der Waals surface area (Å²) < 4.78 is 23.8. The van der Waals surface area contributed by atoms with Crippen LogP contribution in [0.2, 0.25) is 0 Å². The third-order valence-corrected chi connectivity index (χ3v) is 5.74. The van der Waals surface area contributed by atoms with Crippen molar-refractivity contribution in [3.05, 3.63) is 48.0 Å². The number of fused-ring (bicyclic) bond motifs is 3. The van der Waals surface area contributed by atoms with Gasteiger partial charge in [0.25, 0.3) is 0 Å². The van der Waals surface area contributed by atoms with E-state index in [1.54, 1.807) is 16.7 Å². The van der Waals surface area contributed by atoms with Crippen LogP contribution < -0.4 is 15.2 Å². The van der Waals surface area contributed by atoms with E-state index < -0.39 is 5.97 Å². The molecule has 1 fully saturated rings. The van der Waals surface area contributed by atoms with E-state index in [4.69, 9.17) is 34.6 Å². The number of nitrogens with two attached hydrogens (primary N) is 1. The van der Waals surface area contributed by atoms with E-state index in [2.05, 4.69) is 0 Å². The standard InChI is InChI=1S/C23H20N4O5/c24-21-19(23(28)30-11-14-4-3-9-29-14)20-22(26-16-6-2-1-5-15(16)25-20)27(21)13-7-8-17-18(10-13)32-12-31-17/h1-2,5-8,10,14H,3-4,9,11-12,24H2/t14-/m1/s1. The molecule has 6 rings (SSSR count). The Balaban J connectivity index is 1.51. The zero-order valence-electron chi connectivity index (χ0n) is 17.1. The van der Waals surface area contributed by atoms with Crippen molar-refractivity contribution in [1.82, 2.24) is 14.5 Å². The Morgan fingerprint density at radius 1 is 1.12 bits per heavy atom. The highest BCUT2D eigenvalue weighted by Crippen LogP contribution is 2.37. The van der Waals surface area contributed by atoms with E-state index >= 15 is 0 Å². The summed E-state index contributed by atoms with van der Waals surface area (Å²) in [5, 5.41) is 0. The number of nitrogen functional groups attached to an aromatic ring is 1. The summed E-state index contributed by atoms with van der Waals surface area (Å²) in [5.74, 6) is 0.898. The molecule has 0 bridgehead atoms. The number of benzene rings is 2. The van der Waals surface area contributed by atoms with Crippen LogP contribution in [0.25, 0.3) is 27.9 Å². The Labute approximate surface area is 182 Å². The minimum Gasteiger partial charge on any atom is -0.459 e. The molecule has 0 unspecified atom stereocenters. The number of esters is 1. The molecule has 0 amide bonds. The number of rotatable bonds is 4. The molecule has 9 heteroatoms. The maximum atomic E-state index is 13.1. The molecule has 4 heterocycles. The Bertz CT molecular complexity index is 1360. The lowest BCUT2D eigenvalue weighted by Crippen LogP contribution is -2.18. The van der Waals surface area contributed by atoms with Crippen molar-refractivity contribution in [3.8, 4) is 17.2 Å². The number of ether oxygens (including phenoxy) is 4. The van der Waals surface area contributed by atoms with E-state index in [0.717, 1.165) is 12.8 Å². The molecule has 2 aromatic carbocycles. The molecule has 0 spiro atoms. The summed E-state index contributed by atoms with van der Waals surface area (Å²) in [6, 6.07) is 12.9. The first kappa shape index (κ1) is 18.9. The number of para-hydroxylation sites is 2. The van der Waals surface area contributed by atoms with Gasteiger partial charge in [-0.15, -0.1) is 0 Å². The first-order chi connectivity index (χ1) is 15.7. The molecule has 1 saturated heterocycles. The lowest BCUT2D eigenvalue weighted by atomic mass is 10.2. The van der Waals surface area contributed by atoms with E-state index in [0.29, 0.717) is 46.0 Å². The van der Waals surface area contributed by atoms with Crippen molar-refractivity contribution >= 4 is 34.0 Å². The van der Waals surface area contributed by atoms with Crippen LogP contribution in [-0.4, -0.2) is 46.6 Å². The second-order valence-electron chi connectivity index (χ2n) is 7.75. The lowest BCUT2D eigenvalue weighted by molar-refractivity contribution is 0.0163. The van der Waals surface area contributed by atoms with Crippen molar-refractivity contribution in [3.63, 3.8) is 0 Å². The summed E-state index contributed by atoms with van der Waals surface area (Å²) in [7, 11) is 0. The van der Waals surface area contributed by atoms with Gasteiger partial charge in [0.05, 0.1) is 22.8 Å². The van der Waals surface area contributed by atoms with Crippen LogP contribution in [0.5, 0.6) is 11.5 Å². The van der Waals surface area contributed by atoms with Crippen LogP contribution >= 0.6 is 0 Å². The molecular weight excluding hydrogens is 412 g/mol. The van der Waals surface area contributed by atoms with Gasteiger partial charge in [-0.3, -0.25) is 4.57 Å². The molecule has 2 N–H and O–H groups in total. The highest BCUT2D eigenvalue weighted by molar-refractivity contribution is 6.09. The summed E-state index contributed by atoms with van der Waals surface area (Å²) in [6.45, 7) is 1.02. The smallest absolute Gasteiger partial charge is 0.344 e. The van der Waals surface area contributed by atoms with Crippen LogP contribution in [0.15, 0.2) is 42.5 Å². The van der Waals surface area contributed by atoms with Crippen LogP contribution in [0, 0.1) is 0 Å². The van der Waals surface area contributed by atoms with E-state index in [1.165, 1.54) is 0 Å². The van der Waals surface area contributed by atoms with Gasteiger partial charge in [0, 0.05) is 12.7 Å². The van der Waals surface area contributed by atoms with Crippen LogP contribution in [0.4, 0.5) is 5.82 Å². The Morgan fingerprint density at radius 2 is 1.94 bits per heavy atom. The molecule has 2 aromatic heterocycles. The number of nitrogens with zero attached hydrogens (tertiary/aromatic N) is 3. The van der Waals surface area contributed by atoms with Crippen LogP contribution in [-0.2, 0) is 9.47 Å². The summed E-state index contributed by atoms with van der Waals surface area (Å²) in [4.78, 5) is 22.6. The summed E-state index contributed by atoms with van der Waals surface area (Å²) >= 11 is 0. The molecule has 32 heavy (non-hydrogen) atoms. The Morgan fingerprint density at radius 3 is 2.75 bits per heavy atom. The second-order valence-corrected chi connectivity index (χ2v) is 7.75. The number of carbonyl (C=O) groups excluding carboxylic acids is 1. The predicted molar refractivity (Wildman–Crippen MR) is 116 cm³/mol. The minimum atomic E-state index is -0.549. The topological polar surface area (TPSA) is 111 Å². The highest BCUT2D eigenvalue weighted by atomic mass is 16.7. The van der Waals surface area contributed by atoms with Gasteiger partial charge in [-0.2, -0.15) is 0 Å². The fourth-order valence-corrected chi connectivity index (χ4v) is 4.17. The van der Waals surface area contributed by atoms with E-state index in [1.807, 2.05) is 30.3 Å². The SMILES string of the molecule is Nc1c(C(=O)OC[C@H]2CCCO2)c2nc3ccccc3nc2n1-c1ccc2c(c1)OCO2. The molecule has 9 nitrogen and oxygen atoms in total. The second kappa shape index (κ2) is 7.38. The van der Waals surface area contributed by atoms with Gasteiger partial charge >= 0.3 is 5.97 Å². The number of anilines is 1. The highest BCUT2D eigenvalue weighted by Gasteiger charge is 2.28. The van der Waals surface area contributed by atoms with Crippen molar-refractivity contribution in [1.29, 1.82) is 0 Å². The predicted octanol–water partition coefficient (Wildman–Crippen LogP) is 3.22. The fraction of sp³-hybridized carbons (Fsp3) is 0.261. The van der Waals surface area contributed by atoms with Gasteiger partial charge in [0.2, 0.25) is 6.79 Å². The van der Waals surface area contributed by atoms with Gasteiger partial charge in [0.1, 0.15) is 23.5 Å². The van der Waals surface area contributed by atoms with E-state index in [-0.39, 0.29) is 30.9 Å². The molecule has 2 aliphatic rings. The average Bonchev–Trinajstić information content (AvgIpc) is 3.54. The average molecular weight is 432 g/mol. The number of aromatic nitrogens is 3. The molecule has 2 aliphatic heterocycles. The monoisotopic (exact) mass is 432 g/mol. The first-order valence-corrected chi connectivity index (χ1v) is 10.4. The Hall–Kier alpha value is -3.85. The van der Waals surface area contributed by atoms with Gasteiger partial charge in [0.15, 0.2) is 17.1 Å². The third kappa shape index (κ3) is 3.01. The zero-order chi connectivity index (χ0) is 21.7. The molecular formula is C23H20N4O5. The minimum absolute atomic E-state index is 0.0886. The van der Waals surface area contributed by atoms with Gasteiger partial charge in [-0.25, -0.2) is 14.8 Å². The number of hydrogen-bond acceptors (Lipinski definition) is 8. The van der Waals surface area contributed by atoms with Crippen molar-refractivity contribution in [2.24, 2.45) is 0 Å². The molecule has 0 saturated carbocycles. The Kier molecular flexibility index (Phi) is 4.36. The van der Waals surface area contributed by atoms with Crippen molar-refractivity contribution in [2.45, 2.75) is 18.9 Å². The third-order valence-electron chi connectivity index (χ3n) is 5.74. The quantitative estimate of drug-likeness (QED) is 0.490. The maximum Gasteiger partial charge on any atom is 0.344 e. The van der Waals surface area contributed by atoms with Gasteiger partial charge in [-0.05, 0) is 37.1 Å². The first-order valence-electron chi connectivity index (χ1n) is 10.4. The largest absolute Gasteiger partial charge is 0.459 e. The molecule has 1 atom stereocenters. The normalized spacial score (nSPS) is 17.3. The van der Waals surface area contributed by atoms with Gasteiger partial charge < -0.3 is 24.7 Å². The summed E-state index contributed by atoms with van der Waals surface area (Å²) in [5.41, 5.74) is 9.59. The molecule has 162 valence electrons. The summed E-state index contributed by atoms with van der Waals surface area (Å²) in [6.07, 6.45) is 1.74. The van der Waals surface area contributed by atoms with Crippen molar-refractivity contribution in [2.75, 3.05) is 25.7 Å². The lowest BCUT2D eigenvalue weighted by Gasteiger charge is -2.11. The number of carbonyl (C=O) groups is 1. The van der Waals surface area contributed by atoms with Gasteiger partial charge in [-0.1, -0.05) is 12.1 Å². The molecule has 0 radical (unpaired) electrons. The molecule has 0 aliphatic carbocycles. The van der Waals surface area contributed by atoms with E-state index in [9.17, 15) is 4.79 Å². The van der Waals surface area contributed by atoms with Crippen molar-refractivity contribution < 1.29 is 23.7 Å². The number of hydrogen-bond donors (Lipinski definition) is 1. The van der Waals surface area contributed by atoms with Crippen LogP contribution in [0.1, 0.15) is 23.2 Å². The maximum absolute atomic E-state index is 13.1. The van der Waals surface area contributed by atoms with Crippen LogP contribution in [0.3, 0.4) is 0 Å². The fourth-order valence-electron chi connectivity index (χ4n) is 4.17. The molecule has 4 aromatic rings.